The number of halogens is 3. The molecule has 5 heterocycles. The molecule has 3 saturated heterocycles. The average molecular weight is 1130 g/mol. The van der Waals surface area contributed by atoms with Crippen molar-refractivity contribution in [2.24, 2.45) is 24.6 Å². The number of fused-ring (bicyclic) bond motifs is 2. The number of urea groups is 1. The number of amides is 6. The van der Waals surface area contributed by atoms with E-state index in [1.54, 1.807) is 33.8 Å². The molecule has 1 saturated carbocycles. The number of hydrogen-bond donors (Lipinski definition) is 3. The predicted molar refractivity (Wildman–Crippen MR) is 299 cm³/mol. The van der Waals surface area contributed by atoms with E-state index in [0.29, 0.717) is 78.7 Å². The molecule has 6 aromatic rings. The van der Waals surface area contributed by atoms with Gasteiger partial charge in [0.25, 0.3) is 0 Å². The molecule has 1 aliphatic carbocycles. The molecule has 20 heteroatoms. The molecule has 424 valence electrons. The second-order valence-corrected chi connectivity index (χ2v) is 22.6. The Morgan fingerprint density at radius 3 is 2.31 bits per heavy atom. The number of piperidine rings is 1. The molecule has 17 nitrogen and oxygen atoms in total. The van der Waals surface area contributed by atoms with Gasteiger partial charge in [-0.3, -0.25) is 29.3 Å². The molecule has 5 aliphatic rings. The van der Waals surface area contributed by atoms with Crippen molar-refractivity contribution in [3.05, 3.63) is 141 Å². The maximum absolute atomic E-state index is 16.6. The molecule has 0 spiro atoms. The Balaban J connectivity index is 0.770. The minimum absolute atomic E-state index is 0.0344. The number of aliphatic hydroxyl groups excluding tert-OH is 1. The van der Waals surface area contributed by atoms with E-state index in [0.717, 1.165) is 49.4 Å². The van der Waals surface area contributed by atoms with Crippen LogP contribution in [0, 0.1) is 23.5 Å². The maximum Gasteiger partial charge on any atom is 0.410 e. The number of nitrogens with two attached hydrogens (primary N) is 1. The molecule has 2 unspecified atom stereocenters. The molecular formula is C61H65ClF2N8O9. The Morgan fingerprint density at radius 1 is 0.914 bits per heavy atom. The fourth-order valence-electron chi connectivity index (χ4n) is 13.0. The lowest BCUT2D eigenvalue weighted by Gasteiger charge is -2.46. The Morgan fingerprint density at radius 2 is 1.63 bits per heavy atom. The first-order chi connectivity index (χ1) is 39.0. The van der Waals surface area contributed by atoms with Crippen LogP contribution in [0.3, 0.4) is 0 Å². The highest BCUT2D eigenvalue weighted by Gasteiger charge is 2.53. The number of aryl methyl sites for hydroxylation is 1. The molecule has 4 fully saturated rings. The van der Waals surface area contributed by atoms with Gasteiger partial charge in [-0.15, -0.1) is 0 Å². The molecule has 1 aromatic heterocycles. The van der Waals surface area contributed by atoms with Crippen LogP contribution < -0.4 is 25.4 Å². The lowest BCUT2D eigenvalue weighted by atomic mass is 9.76. The normalized spacial score (nSPS) is 21.5. The van der Waals surface area contributed by atoms with Gasteiger partial charge in [-0.05, 0) is 104 Å². The van der Waals surface area contributed by atoms with Crippen molar-refractivity contribution in [3.63, 3.8) is 0 Å². The minimum atomic E-state index is -1.45. The van der Waals surface area contributed by atoms with Gasteiger partial charge in [0.1, 0.15) is 18.2 Å². The maximum atomic E-state index is 16.6. The third kappa shape index (κ3) is 10.5. The summed E-state index contributed by atoms with van der Waals surface area (Å²) < 4.78 is 52.9. The van der Waals surface area contributed by atoms with Gasteiger partial charge in [-0.25, -0.2) is 18.4 Å². The number of anilines is 1. The van der Waals surface area contributed by atoms with E-state index in [2.05, 4.69) is 27.4 Å². The standard InChI is InChI=1S/C61H65ClF2N8O9/c1-35-51-49(28-46(63)54(62)53(51)52-45(56(65)75)19-20-48(79-3)55(52)64)81-61(35,42-7-5-4-6-8-42)34-72(60(78)80-33-37-11-9-36(32-73)10-12-37)43-16-13-40(14-17-43)58(76)70-30-38(31-70)29-69-24-21-39(22-25-69)41-15-18-44-47(27-41)68(2)67-57(44)71-26-23-50(74)66-59(71)77/h4-12,15,18-20,27-28,35,38-40,43,73H,13-14,16-17,21-26,29-34H2,1-3H3,(H2,65,75)(H,66,74,77). The molecule has 81 heavy (non-hydrogen) atoms. The summed E-state index contributed by atoms with van der Waals surface area (Å²) in [5, 5.41) is 17.1. The number of nitrogens with one attached hydrogen (secondary N) is 1. The van der Waals surface area contributed by atoms with Crippen molar-refractivity contribution in [3.8, 4) is 22.6 Å². The van der Waals surface area contributed by atoms with Crippen molar-refractivity contribution in [2.45, 2.75) is 88.6 Å². The Hall–Kier alpha value is -7.61. The third-order valence-corrected chi connectivity index (χ3v) is 17.8. The Labute approximate surface area is 472 Å². The molecule has 4 N–H and O–H groups in total. The van der Waals surface area contributed by atoms with Gasteiger partial charge in [0.15, 0.2) is 23.0 Å². The average Bonchev–Trinajstić information content (AvgIpc) is 3.78. The van der Waals surface area contributed by atoms with Gasteiger partial charge >= 0.3 is 12.1 Å². The summed E-state index contributed by atoms with van der Waals surface area (Å²) in [7, 11) is 3.13. The number of hydrogen-bond acceptors (Lipinski definition) is 11. The Kier molecular flexibility index (Phi) is 15.5. The number of carbonyl (C=O) groups excluding carboxylic acids is 5. The van der Waals surface area contributed by atoms with Crippen molar-refractivity contribution < 1.29 is 52.1 Å². The highest BCUT2D eigenvalue weighted by atomic mass is 35.5. The number of methoxy groups -OCH3 is 1. The third-order valence-electron chi connectivity index (χ3n) is 17.5. The minimum Gasteiger partial charge on any atom is -0.494 e. The first-order valence-corrected chi connectivity index (χ1v) is 28.1. The predicted octanol–water partition coefficient (Wildman–Crippen LogP) is 9.15. The highest BCUT2D eigenvalue weighted by molar-refractivity contribution is 6.34. The first kappa shape index (κ1) is 55.3. The lowest BCUT2D eigenvalue weighted by Crippen LogP contribution is -2.57. The van der Waals surface area contributed by atoms with Crippen LogP contribution in [-0.2, 0) is 40.2 Å². The summed E-state index contributed by atoms with van der Waals surface area (Å²) in [5.41, 5.74) is 8.14. The van der Waals surface area contributed by atoms with Crippen LogP contribution in [0.4, 0.5) is 24.2 Å². The second kappa shape index (κ2) is 22.7. The van der Waals surface area contributed by atoms with Gasteiger partial charge in [0.2, 0.25) is 17.7 Å². The van der Waals surface area contributed by atoms with Crippen LogP contribution in [0.2, 0.25) is 5.02 Å². The molecule has 6 amide bonds. The summed E-state index contributed by atoms with van der Waals surface area (Å²) in [6.45, 7) is 5.93. The van der Waals surface area contributed by atoms with Gasteiger partial charge in [-0.2, -0.15) is 5.10 Å². The Bertz CT molecular complexity index is 3420. The number of benzene rings is 5. The zero-order chi connectivity index (χ0) is 56.9. The van der Waals surface area contributed by atoms with E-state index in [1.807, 2.05) is 55.3 Å². The van der Waals surface area contributed by atoms with Gasteiger partial charge in [0.05, 0.1) is 36.4 Å². The van der Waals surface area contributed by atoms with Crippen molar-refractivity contribution >= 4 is 58.2 Å². The SMILES string of the molecule is COc1ccc(C(N)=O)c(-c2c(Cl)c(F)cc3c2C(C)C(CN(C(=O)OCc2ccc(CO)cc2)C2CCC(C(=O)N4CC(CN5CCC(c6ccc7c(N8CCC(=O)NC8=O)nn(C)c7c6)CC5)C4)CC2)(c2ccccc2)O3)c1F. The quantitative estimate of drug-likeness (QED) is 0.0885. The molecule has 0 radical (unpaired) electrons. The molecule has 4 aliphatic heterocycles. The zero-order valence-corrected chi connectivity index (χ0v) is 46.2. The van der Waals surface area contributed by atoms with Crippen molar-refractivity contribution in [1.29, 1.82) is 0 Å². The van der Waals surface area contributed by atoms with Crippen LogP contribution in [-0.4, -0.2) is 118 Å². The fourth-order valence-corrected chi connectivity index (χ4v) is 13.2. The first-order valence-electron chi connectivity index (χ1n) is 27.7. The number of imide groups is 1. The zero-order valence-electron chi connectivity index (χ0n) is 45.5. The van der Waals surface area contributed by atoms with E-state index in [1.165, 1.54) is 29.7 Å². The van der Waals surface area contributed by atoms with Gasteiger partial charge in [0, 0.05) is 91.6 Å². The number of nitrogens with zero attached hydrogens (tertiary/aromatic N) is 6. The van der Waals surface area contributed by atoms with Crippen molar-refractivity contribution in [2.75, 3.05) is 57.8 Å². The monoisotopic (exact) mass is 1130 g/mol. The van der Waals surface area contributed by atoms with Crippen LogP contribution in [0.1, 0.15) is 102 Å². The number of rotatable bonds is 15. The molecule has 5 aromatic carbocycles. The van der Waals surface area contributed by atoms with E-state index in [-0.39, 0.29) is 78.6 Å². The summed E-state index contributed by atoms with van der Waals surface area (Å²) in [4.78, 5) is 74.0. The lowest BCUT2D eigenvalue weighted by molar-refractivity contribution is -0.144. The fraction of sp³-hybridized carbons (Fsp3) is 0.410. The van der Waals surface area contributed by atoms with Crippen LogP contribution >= 0.6 is 11.6 Å². The smallest absolute Gasteiger partial charge is 0.410 e. The van der Waals surface area contributed by atoms with Gasteiger partial charge < -0.3 is 39.8 Å². The summed E-state index contributed by atoms with van der Waals surface area (Å²) in [6.07, 6.45) is 3.58. The van der Waals surface area contributed by atoms with Gasteiger partial charge in [-0.1, -0.05) is 79.2 Å². The molecule has 2 atom stereocenters. The summed E-state index contributed by atoms with van der Waals surface area (Å²) >= 11 is 6.81. The molecule has 0 bridgehead atoms. The van der Waals surface area contributed by atoms with Crippen LogP contribution in [0.25, 0.3) is 22.0 Å². The number of primary amides is 1. The van der Waals surface area contributed by atoms with E-state index >= 15 is 8.78 Å². The second-order valence-electron chi connectivity index (χ2n) is 22.2. The summed E-state index contributed by atoms with van der Waals surface area (Å²) in [5.74, 6) is -2.97. The number of aromatic nitrogens is 2. The highest BCUT2D eigenvalue weighted by Crippen LogP contribution is 2.57. The topological polar surface area (TPSA) is 202 Å². The number of carbonyl (C=O) groups is 5. The largest absolute Gasteiger partial charge is 0.494 e. The molecule has 11 rings (SSSR count). The van der Waals surface area contributed by atoms with Crippen molar-refractivity contribution in [1.82, 2.24) is 29.8 Å². The van der Waals surface area contributed by atoms with E-state index in [9.17, 15) is 29.1 Å². The van der Waals surface area contributed by atoms with Crippen LogP contribution in [0.15, 0.2) is 91.0 Å². The number of ether oxygens (including phenoxy) is 3. The van der Waals surface area contributed by atoms with E-state index < -0.39 is 52.2 Å². The van der Waals surface area contributed by atoms with E-state index in [4.69, 9.17) is 31.5 Å². The summed E-state index contributed by atoms with van der Waals surface area (Å²) in [6, 6.07) is 25.4. The number of aliphatic hydroxyl groups is 1. The van der Waals surface area contributed by atoms with Crippen LogP contribution in [0.5, 0.6) is 11.5 Å². The molecular weight excluding hydrogens is 1060 g/mol. The number of likely N-dealkylation sites (tertiary alicyclic amines) is 2.